The largest absolute Gasteiger partial charge is 0.454 e. The number of rotatable bonds is 4. The second-order valence-electron chi connectivity index (χ2n) is 4.62. The van der Waals surface area contributed by atoms with Crippen molar-refractivity contribution in [3.05, 3.63) is 23.8 Å². The first-order valence-corrected chi connectivity index (χ1v) is 5.88. The quantitative estimate of drug-likeness (QED) is 0.836. The number of ether oxygens (including phenoxy) is 2. The van der Waals surface area contributed by atoms with Gasteiger partial charge in [-0.05, 0) is 30.7 Å². The van der Waals surface area contributed by atoms with Crippen LogP contribution in [0.15, 0.2) is 18.2 Å². The van der Waals surface area contributed by atoms with Gasteiger partial charge in [0.05, 0.1) is 6.10 Å². The van der Waals surface area contributed by atoms with Gasteiger partial charge in [-0.15, -0.1) is 0 Å². The third-order valence-corrected chi connectivity index (χ3v) is 3.13. The van der Waals surface area contributed by atoms with Crippen LogP contribution in [0.4, 0.5) is 0 Å². The highest BCUT2D eigenvalue weighted by molar-refractivity contribution is 5.45. The molecular weight excluding hydrogens is 218 g/mol. The van der Waals surface area contributed by atoms with Gasteiger partial charge in [0.2, 0.25) is 6.79 Å². The molecule has 0 aliphatic carbocycles. The van der Waals surface area contributed by atoms with Crippen LogP contribution in [0.2, 0.25) is 0 Å². The average Bonchev–Trinajstić information content (AvgIpc) is 2.75. The molecule has 0 saturated heterocycles. The summed E-state index contributed by atoms with van der Waals surface area (Å²) in [4.78, 5) is 0. The molecular formula is C13H19NO3. The fraction of sp³-hybridized carbons (Fsp3) is 0.538. The predicted molar refractivity (Wildman–Crippen MR) is 65.2 cm³/mol. The molecule has 4 heteroatoms. The first-order chi connectivity index (χ1) is 8.13. The van der Waals surface area contributed by atoms with Crippen molar-refractivity contribution in [1.82, 2.24) is 5.32 Å². The fourth-order valence-corrected chi connectivity index (χ4v) is 2.16. The topological polar surface area (TPSA) is 50.7 Å². The first kappa shape index (κ1) is 12.2. The smallest absolute Gasteiger partial charge is 0.231 e. The molecule has 17 heavy (non-hydrogen) atoms. The molecule has 2 rings (SSSR count). The molecule has 0 amide bonds. The van der Waals surface area contributed by atoms with Crippen molar-refractivity contribution in [3.63, 3.8) is 0 Å². The van der Waals surface area contributed by atoms with Gasteiger partial charge in [0, 0.05) is 6.04 Å². The molecule has 1 aliphatic heterocycles. The summed E-state index contributed by atoms with van der Waals surface area (Å²) in [6.45, 7) is 4.42. The fourth-order valence-electron chi connectivity index (χ4n) is 2.16. The molecule has 0 radical (unpaired) electrons. The van der Waals surface area contributed by atoms with Crippen LogP contribution in [-0.2, 0) is 0 Å². The highest BCUT2D eigenvalue weighted by atomic mass is 16.7. The third kappa shape index (κ3) is 2.37. The number of aliphatic hydroxyl groups is 1. The molecule has 0 saturated carbocycles. The van der Waals surface area contributed by atoms with Crippen LogP contribution in [0.1, 0.15) is 25.5 Å². The van der Waals surface area contributed by atoms with Crippen molar-refractivity contribution in [1.29, 1.82) is 0 Å². The van der Waals surface area contributed by atoms with Gasteiger partial charge in [0.15, 0.2) is 11.5 Å². The van der Waals surface area contributed by atoms with Crippen molar-refractivity contribution in [2.24, 2.45) is 5.92 Å². The molecule has 0 spiro atoms. The number of fused-ring (bicyclic) bond motifs is 1. The maximum absolute atomic E-state index is 10.3. The molecule has 1 aliphatic rings. The number of hydrogen-bond acceptors (Lipinski definition) is 4. The van der Waals surface area contributed by atoms with E-state index in [1.54, 1.807) is 0 Å². The predicted octanol–water partition coefficient (Wildman–Crippen LogP) is 1.69. The van der Waals surface area contributed by atoms with Crippen molar-refractivity contribution < 1.29 is 14.6 Å². The molecule has 2 atom stereocenters. The van der Waals surface area contributed by atoms with Crippen LogP contribution < -0.4 is 14.8 Å². The summed E-state index contributed by atoms with van der Waals surface area (Å²) in [7, 11) is 1.86. The van der Waals surface area contributed by atoms with Gasteiger partial charge in [-0.25, -0.2) is 0 Å². The summed E-state index contributed by atoms with van der Waals surface area (Å²) < 4.78 is 10.6. The van der Waals surface area contributed by atoms with E-state index in [0.29, 0.717) is 11.7 Å². The minimum absolute atomic E-state index is 0.0235. The lowest BCUT2D eigenvalue weighted by molar-refractivity contribution is 0.109. The van der Waals surface area contributed by atoms with E-state index in [4.69, 9.17) is 9.47 Å². The molecule has 1 aromatic rings. The van der Waals surface area contributed by atoms with Crippen LogP contribution in [0, 0.1) is 5.92 Å². The standard InChI is InChI=1S/C13H19NO3/c1-8(2)12(14-3)13(15)9-4-5-10-11(6-9)17-7-16-10/h4-6,8,12-15H,7H2,1-3H3. The summed E-state index contributed by atoms with van der Waals surface area (Å²) >= 11 is 0. The van der Waals surface area contributed by atoms with Crippen LogP contribution in [-0.4, -0.2) is 25.0 Å². The molecule has 4 nitrogen and oxygen atoms in total. The lowest BCUT2D eigenvalue weighted by atomic mass is 9.93. The van der Waals surface area contributed by atoms with Crippen molar-refractivity contribution >= 4 is 0 Å². The highest BCUT2D eigenvalue weighted by Gasteiger charge is 2.24. The van der Waals surface area contributed by atoms with Crippen LogP contribution in [0.25, 0.3) is 0 Å². The van der Waals surface area contributed by atoms with Gasteiger partial charge in [-0.2, -0.15) is 0 Å². The van der Waals surface area contributed by atoms with Gasteiger partial charge < -0.3 is 19.9 Å². The van der Waals surface area contributed by atoms with E-state index < -0.39 is 6.10 Å². The minimum atomic E-state index is -0.547. The van der Waals surface area contributed by atoms with E-state index in [1.165, 1.54) is 0 Å². The normalized spacial score (nSPS) is 17.2. The van der Waals surface area contributed by atoms with Crippen LogP contribution >= 0.6 is 0 Å². The highest BCUT2D eigenvalue weighted by Crippen LogP contribution is 2.35. The summed E-state index contributed by atoms with van der Waals surface area (Å²) in [6, 6.07) is 5.59. The van der Waals surface area contributed by atoms with Gasteiger partial charge >= 0.3 is 0 Å². The Hall–Kier alpha value is -1.26. The zero-order valence-corrected chi connectivity index (χ0v) is 10.4. The number of aliphatic hydroxyl groups excluding tert-OH is 1. The number of nitrogens with one attached hydrogen (secondary N) is 1. The maximum atomic E-state index is 10.3. The molecule has 2 unspecified atom stereocenters. The van der Waals surface area contributed by atoms with Crippen LogP contribution in [0.5, 0.6) is 11.5 Å². The Morgan fingerprint density at radius 2 is 1.94 bits per heavy atom. The van der Waals surface area contributed by atoms with E-state index in [9.17, 15) is 5.11 Å². The Morgan fingerprint density at radius 3 is 2.59 bits per heavy atom. The number of benzene rings is 1. The molecule has 94 valence electrons. The number of likely N-dealkylation sites (N-methyl/N-ethyl adjacent to an activating group) is 1. The Bertz CT molecular complexity index is 392. The second-order valence-corrected chi connectivity index (χ2v) is 4.62. The summed E-state index contributed by atoms with van der Waals surface area (Å²) in [5.41, 5.74) is 0.849. The molecule has 1 heterocycles. The van der Waals surface area contributed by atoms with Gasteiger partial charge in [-0.3, -0.25) is 0 Å². The van der Waals surface area contributed by atoms with E-state index in [2.05, 4.69) is 19.2 Å². The minimum Gasteiger partial charge on any atom is -0.454 e. The summed E-state index contributed by atoms with van der Waals surface area (Å²) in [5, 5.41) is 13.5. The van der Waals surface area contributed by atoms with Crippen molar-refractivity contribution in [2.75, 3.05) is 13.8 Å². The molecule has 0 fully saturated rings. The maximum Gasteiger partial charge on any atom is 0.231 e. The zero-order chi connectivity index (χ0) is 12.4. The molecule has 1 aromatic carbocycles. The lowest BCUT2D eigenvalue weighted by Crippen LogP contribution is -2.36. The van der Waals surface area contributed by atoms with Crippen molar-refractivity contribution in [3.8, 4) is 11.5 Å². The zero-order valence-electron chi connectivity index (χ0n) is 10.4. The number of hydrogen-bond donors (Lipinski definition) is 2. The van der Waals surface area contributed by atoms with Crippen molar-refractivity contribution in [2.45, 2.75) is 26.0 Å². The van der Waals surface area contributed by atoms with Gasteiger partial charge in [0.1, 0.15) is 0 Å². The van der Waals surface area contributed by atoms with Crippen LogP contribution in [0.3, 0.4) is 0 Å². The van der Waals surface area contributed by atoms with E-state index in [0.717, 1.165) is 11.3 Å². The van der Waals surface area contributed by atoms with E-state index in [-0.39, 0.29) is 12.8 Å². The Labute approximate surface area is 102 Å². The third-order valence-electron chi connectivity index (χ3n) is 3.13. The Morgan fingerprint density at radius 1 is 1.24 bits per heavy atom. The van der Waals surface area contributed by atoms with Gasteiger partial charge in [-0.1, -0.05) is 19.9 Å². The second kappa shape index (κ2) is 4.94. The van der Waals surface area contributed by atoms with E-state index in [1.807, 2.05) is 25.2 Å². The SMILES string of the molecule is CNC(C(C)C)C(O)c1ccc2c(c1)OCO2. The molecule has 0 aromatic heterocycles. The summed E-state index contributed by atoms with van der Waals surface area (Å²) in [5.74, 6) is 1.80. The van der Waals surface area contributed by atoms with Gasteiger partial charge in [0.25, 0.3) is 0 Å². The first-order valence-electron chi connectivity index (χ1n) is 5.88. The Balaban J connectivity index is 2.21. The lowest BCUT2D eigenvalue weighted by Gasteiger charge is -2.26. The monoisotopic (exact) mass is 237 g/mol. The van der Waals surface area contributed by atoms with E-state index >= 15 is 0 Å². The molecule has 0 bridgehead atoms. The average molecular weight is 237 g/mol. The molecule has 2 N–H and O–H groups in total. The Kier molecular flexibility index (Phi) is 3.54. The summed E-state index contributed by atoms with van der Waals surface area (Å²) in [6.07, 6.45) is -0.547.